The first-order valence-corrected chi connectivity index (χ1v) is 6.98. The summed E-state index contributed by atoms with van der Waals surface area (Å²) < 4.78 is 17.0. The monoisotopic (exact) mass is 265 g/mol. The van der Waals surface area contributed by atoms with Gasteiger partial charge in [0.25, 0.3) is 0 Å². The average Bonchev–Trinajstić information content (AvgIpc) is 2.47. The van der Waals surface area contributed by atoms with Gasteiger partial charge in [-0.05, 0) is 44.2 Å². The van der Waals surface area contributed by atoms with Crippen LogP contribution in [0.1, 0.15) is 19.8 Å². The van der Waals surface area contributed by atoms with Gasteiger partial charge in [-0.3, -0.25) is 0 Å². The highest BCUT2D eigenvalue weighted by Gasteiger charge is 2.25. The van der Waals surface area contributed by atoms with E-state index in [4.69, 9.17) is 14.2 Å². The number of hydrogen-bond acceptors (Lipinski definition) is 4. The van der Waals surface area contributed by atoms with Crippen LogP contribution in [0.15, 0.2) is 24.3 Å². The Morgan fingerprint density at radius 3 is 2.68 bits per heavy atom. The van der Waals surface area contributed by atoms with Crippen LogP contribution in [-0.4, -0.2) is 39.0 Å². The van der Waals surface area contributed by atoms with Crippen molar-refractivity contribution in [3.63, 3.8) is 0 Å². The van der Waals surface area contributed by atoms with E-state index in [2.05, 4.69) is 12.2 Å². The zero-order chi connectivity index (χ0) is 13.5. The number of nitrogens with one attached hydrogen (secondary N) is 1. The third-order valence-electron chi connectivity index (χ3n) is 3.26. The maximum Gasteiger partial charge on any atom is 0.137 e. The highest BCUT2D eigenvalue weighted by atomic mass is 16.5. The van der Waals surface area contributed by atoms with Gasteiger partial charge in [-0.1, -0.05) is 6.92 Å². The van der Waals surface area contributed by atoms with Gasteiger partial charge >= 0.3 is 0 Å². The third-order valence-corrected chi connectivity index (χ3v) is 3.26. The zero-order valence-corrected chi connectivity index (χ0v) is 11.7. The Kier molecular flexibility index (Phi) is 5.48. The molecule has 0 radical (unpaired) electrons. The predicted octanol–water partition coefficient (Wildman–Crippen LogP) is 2.23. The van der Waals surface area contributed by atoms with Gasteiger partial charge in [0, 0.05) is 12.6 Å². The van der Waals surface area contributed by atoms with Gasteiger partial charge in [0.15, 0.2) is 0 Å². The Labute approximate surface area is 115 Å². The van der Waals surface area contributed by atoms with Crippen molar-refractivity contribution in [2.24, 2.45) is 0 Å². The molecular weight excluding hydrogens is 242 g/mol. The van der Waals surface area contributed by atoms with Crippen LogP contribution in [0.2, 0.25) is 0 Å². The molecule has 0 aromatic heterocycles. The molecule has 1 saturated heterocycles. The van der Waals surface area contributed by atoms with Gasteiger partial charge in [0.05, 0.1) is 13.2 Å². The lowest BCUT2D eigenvalue weighted by Crippen LogP contribution is -2.48. The molecular formula is C15H23NO3. The van der Waals surface area contributed by atoms with E-state index in [-0.39, 0.29) is 6.10 Å². The number of likely N-dealkylation sites (N-methyl/N-ethyl adjacent to an activating group) is 1. The molecule has 19 heavy (non-hydrogen) atoms. The van der Waals surface area contributed by atoms with E-state index in [1.807, 2.05) is 31.3 Å². The Morgan fingerprint density at radius 2 is 2.00 bits per heavy atom. The molecule has 1 heterocycles. The summed E-state index contributed by atoms with van der Waals surface area (Å²) in [5, 5.41) is 3.28. The lowest BCUT2D eigenvalue weighted by atomic mass is 10.1. The summed E-state index contributed by atoms with van der Waals surface area (Å²) >= 11 is 0. The van der Waals surface area contributed by atoms with Crippen molar-refractivity contribution in [3.8, 4) is 11.5 Å². The molecule has 0 saturated carbocycles. The largest absolute Gasteiger partial charge is 0.494 e. The molecule has 106 valence electrons. The summed E-state index contributed by atoms with van der Waals surface area (Å²) in [6.45, 7) is 4.28. The molecule has 1 N–H and O–H groups in total. The molecule has 0 amide bonds. The van der Waals surface area contributed by atoms with Crippen LogP contribution in [0, 0.1) is 0 Å². The summed E-state index contributed by atoms with van der Waals surface area (Å²) in [7, 11) is 1.97. The first-order chi connectivity index (χ1) is 9.33. The minimum Gasteiger partial charge on any atom is -0.494 e. The van der Waals surface area contributed by atoms with E-state index in [0.29, 0.717) is 12.6 Å². The van der Waals surface area contributed by atoms with Crippen molar-refractivity contribution < 1.29 is 14.2 Å². The Balaban J connectivity index is 1.90. The van der Waals surface area contributed by atoms with Crippen LogP contribution in [-0.2, 0) is 4.74 Å². The second-order valence-corrected chi connectivity index (χ2v) is 4.73. The molecule has 0 bridgehead atoms. The van der Waals surface area contributed by atoms with Crippen molar-refractivity contribution >= 4 is 0 Å². The standard InChI is InChI=1S/C15H23NO3/c1-3-9-18-12-4-6-13(7-5-12)19-15-11-17-10-8-14(15)16-2/h4-7,14-16H,3,8-11H2,1-2H3. The van der Waals surface area contributed by atoms with Crippen molar-refractivity contribution in [2.75, 3.05) is 26.9 Å². The van der Waals surface area contributed by atoms with Gasteiger partial charge in [-0.15, -0.1) is 0 Å². The van der Waals surface area contributed by atoms with Gasteiger partial charge in [-0.2, -0.15) is 0 Å². The summed E-state index contributed by atoms with van der Waals surface area (Å²) in [6, 6.07) is 8.15. The van der Waals surface area contributed by atoms with E-state index in [1.165, 1.54) is 0 Å². The molecule has 1 fully saturated rings. The van der Waals surface area contributed by atoms with Crippen LogP contribution >= 0.6 is 0 Å². The molecule has 2 unspecified atom stereocenters. The predicted molar refractivity (Wildman–Crippen MR) is 74.9 cm³/mol. The fraction of sp³-hybridized carbons (Fsp3) is 0.600. The van der Waals surface area contributed by atoms with Crippen LogP contribution < -0.4 is 14.8 Å². The SMILES string of the molecule is CCCOc1ccc(OC2COCCC2NC)cc1. The zero-order valence-electron chi connectivity index (χ0n) is 11.7. The molecule has 0 aliphatic carbocycles. The van der Waals surface area contributed by atoms with E-state index in [0.717, 1.165) is 37.6 Å². The molecule has 1 aromatic carbocycles. The van der Waals surface area contributed by atoms with Crippen molar-refractivity contribution in [1.82, 2.24) is 5.32 Å². The second-order valence-electron chi connectivity index (χ2n) is 4.73. The van der Waals surface area contributed by atoms with E-state index < -0.39 is 0 Å². The normalized spacial score (nSPS) is 23.1. The molecule has 1 aromatic rings. The molecule has 2 atom stereocenters. The molecule has 4 heteroatoms. The van der Waals surface area contributed by atoms with E-state index in [9.17, 15) is 0 Å². The first kappa shape index (κ1) is 14.2. The minimum absolute atomic E-state index is 0.0705. The highest BCUT2D eigenvalue weighted by molar-refractivity contribution is 5.31. The van der Waals surface area contributed by atoms with Crippen LogP contribution in [0.25, 0.3) is 0 Å². The van der Waals surface area contributed by atoms with Crippen molar-refractivity contribution in [3.05, 3.63) is 24.3 Å². The van der Waals surface area contributed by atoms with Crippen LogP contribution in [0.4, 0.5) is 0 Å². The summed E-state index contributed by atoms with van der Waals surface area (Å²) in [6.07, 6.45) is 2.07. The number of ether oxygens (including phenoxy) is 3. The van der Waals surface area contributed by atoms with Gasteiger partial charge in [0.2, 0.25) is 0 Å². The molecule has 2 rings (SSSR count). The fourth-order valence-corrected chi connectivity index (χ4v) is 2.17. The number of hydrogen-bond donors (Lipinski definition) is 1. The Hall–Kier alpha value is -1.26. The van der Waals surface area contributed by atoms with Gasteiger partial charge < -0.3 is 19.5 Å². The van der Waals surface area contributed by atoms with Gasteiger partial charge in [0.1, 0.15) is 17.6 Å². The quantitative estimate of drug-likeness (QED) is 0.856. The topological polar surface area (TPSA) is 39.7 Å². The van der Waals surface area contributed by atoms with E-state index >= 15 is 0 Å². The summed E-state index contributed by atoms with van der Waals surface area (Å²) in [5.41, 5.74) is 0. The molecule has 1 aliphatic heterocycles. The molecule has 4 nitrogen and oxygen atoms in total. The van der Waals surface area contributed by atoms with Crippen LogP contribution in [0.3, 0.4) is 0 Å². The smallest absolute Gasteiger partial charge is 0.137 e. The van der Waals surface area contributed by atoms with Gasteiger partial charge in [-0.25, -0.2) is 0 Å². The minimum atomic E-state index is 0.0705. The Morgan fingerprint density at radius 1 is 1.26 bits per heavy atom. The maximum atomic E-state index is 5.98. The van der Waals surface area contributed by atoms with E-state index in [1.54, 1.807) is 0 Å². The average molecular weight is 265 g/mol. The van der Waals surface area contributed by atoms with Crippen molar-refractivity contribution in [1.29, 1.82) is 0 Å². The first-order valence-electron chi connectivity index (χ1n) is 6.98. The fourth-order valence-electron chi connectivity index (χ4n) is 2.17. The lowest BCUT2D eigenvalue weighted by molar-refractivity contribution is -0.0129. The highest BCUT2D eigenvalue weighted by Crippen LogP contribution is 2.21. The Bertz CT molecular complexity index is 366. The molecule has 0 spiro atoms. The molecule has 1 aliphatic rings. The number of benzene rings is 1. The third kappa shape index (κ3) is 4.11. The number of rotatable bonds is 6. The van der Waals surface area contributed by atoms with Crippen LogP contribution in [0.5, 0.6) is 11.5 Å². The second kappa shape index (κ2) is 7.36. The van der Waals surface area contributed by atoms with Crippen molar-refractivity contribution in [2.45, 2.75) is 31.9 Å². The summed E-state index contributed by atoms with van der Waals surface area (Å²) in [4.78, 5) is 0. The summed E-state index contributed by atoms with van der Waals surface area (Å²) in [5.74, 6) is 1.75. The maximum absolute atomic E-state index is 5.98. The lowest BCUT2D eigenvalue weighted by Gasteiger charge is -2.31.